The summed E-state index contributed by atoms with van der Waals surface area (Å²) in [5, 5.41) is 0. The number of Topliss-reactive ketones (excluding diaryl/α,β-unsaturated/α-hetero) is 1. The second kappa shape index (κ2) is 5.19. The average molecular weight is 208 g/mol. The van der Waals surface area contributed by atoms with E-state index < -0.39 is 5.97 Å². The van der Waals surface area contributed by atoms with Gasteiger partial charge in [0.25, 0.3) is 0 Å². The molecule has 0 aliphatic carbocycles. The lowest BCUT2D eigenvalue weighted by Crippen LogP contribution is -2.15. The van der Waals surface area contributed by atoms with Crippen molar-refractivity contribution in [2.45, 2.75) is 26.4 Å². The number of carbonyl (C=O) groups excluding carboxylic acids is 2. The summed E-state index contributed by atoms with van der Waals surface area (Å²) in [5.41, 5.74) is 0.318. The first kappa shape index (κ1) is 11.3. The lowest BCUT2D eigenvalue weighted by molar-refractivity contribution is -0.146. The summed E-state index contributed by atoms with van der Waals surface area (Å²) in [6.07, 6.45) is 3.59. The molecule has 0 unspecified atom stereocenters. The first-order valence-corrected chi connectivity index (χ1v) is 4.57. The van der Waals surface area contributed by atoms with E-state index in [1.54, 1.807) is 13.8 Å². The average Bonchev–Trinajstić information content (AvgIpc) is 2.17. The molecule has 1 aromatic heterocycles. The molecule has 0 spiro atoms. The van der Waals surface area contributed by atoms with Gasteiger partial charge in [-0.05, 0) is 13.8 Å². The third-order valence-corrected chi connectivity index (χ3v) is 1.55. The number of aromatic nitrogens is 2. The van der Waals surface area contributed by atoms with E-state index in [0.717, 1.165) is 0 Å². The molecule has 0 saturated carbocycles. The van der Waals surface area contributed by atoms with Crippen LogP contribution >= 0.6 is 0 Å². The smallest absolute Gasteiger partial charge is 0.313 e. The second-order valence-corrected chi connectivity index (χ2v) is 3.27. The van der Waals surface area contributed by atoms with Gasteiger partial charge in [-0.3, -0.25) is 9.59 Å². The Morgan fingerprint density at radius 3 is 2.47 bits per heavy atom. The fourth-order valence-electron chi connectivity index (χ4n) is 0.981. The summed E-state index contributed by atoms with van der Waals surface area (Å²) in [5.74, 6) is -0.861. The minimum Gasteiger partial charge on any atom is -0.463 e. The van der Waals surface area contributed by atoms with Gasteiger partial charge in [-0.15, -0.1) is 0 Å². The quantitative estimate of drug-likeness (QED) is 0.419. The van der Waals surface area contributed by atoms with E-state index in [1.165, 1.54) is 18.7 Å². The topological polar surface area (TPSA) is 69.2 Å². The molecule has 1 aromatic rings. The number of rotatable bonds is 4. The molecule has 15 heavy (non-hydrogen) atoms. The number of nitrogens with zero attached hydrogens (tertiary/aromatic N) is 2. The molecule has 0 fully saturated rings. The molecule has 80 valence electrons. The minimum absolute atomic E-state index is 0.211. The highest BCUT2D eigenvalue weighted by atomic mass is 16.5. The van der Waals surface area contributed by atoms with Crippen LogP contribution in [-0.4, -0.2) is 27.8 Å². The van der Waals surface area contributed by atoms with Crippen molar-refractivity contribution in [3.8, 4) is 0 Å². The van der Waals surface area contributed by atoms with Crippen LogP contribution in [0.4, 0.5) is 0 Å². The first-order chi connectivity index (χ1) is 7.09. The Morgan fingerprint density at radius 1 is 1.33 bits per heavy atom. The molecule has 1 rings (SSSR count). The van der Waals surface area contributed by atoms with E-state index in [9.17, 15) is 9.59 Å². The van der Waals surface area contributed by atoms with Crippen LogP contribution in [0.1, 0.15) is 30.6 Å². The van der Waals surface area contributed by atoms with Crippen LogP contribution in [0.15, 0.2) is 18.7 Å². The van der Waals surface area contributed by atoms with Gasteiger partial charge in [0.1, 0.15) is 12.7 Å². The Kier molecular flexibility index (Phi) is 3.91. The first-order valence-electron chi connectivity index (χ1n) is 4.57. The number of carbonyl (C=O) groups is 2. The highest BCUT2D eigenvalue weighted by Crippen LogP contribution is 2.02. The largest absolute Gasteiger partial charge is 0.463 e. The molecule has 0 aliphatic heterocycles. The van der Waals surface area contributed by atoms with Crippen molar-refractivity contribution >= 4 is 11.8 Å². The summed E-state index contributed by atoms with van der Waals surface area (Å²) in [6, 6.07) is 0. The Balaban J connectivity index is 2.53. The molecule has 0 N–H and O–H groups in total. The Bertz CT molecular complexity index is 349. The molecule has 0 atom stereocenters. The van der Waals surface area contributed by atoms with Crippen LogP contribution in [0.2, 0.25) is 0 Å². The third kappa shape index (κ3) is 3.84. The maximum atomic E-state index is 11.5. The summed E-state index contributed by atoms with van der Waals surface area (Å²) in [7, 11) is 0. The number of ether oxygens (including phenoxy) is 1. The van der Waals surface area contributed by atoms with Crippen molar-refractivity contribution in [3.63, 3.8) is 0 Å². The van der Waals surface area contributed by atoms with Crippen molar-refractivity contribution in [3.05, 3.63) is 24.3 Å². The molecular formula is C10H12N2O3. The van der Waals surface area contributed by atoms with Crippen LogP contribution in [-0.2, 0) is 9.53 Å². The molecule has 5 nitrogen and oxygen atoms in total. The molecule has 0 aromatic carbocycles. The highest BCUT2D eigenvalue weighted by Gasteiger charge is 2.14. The predicted molar refractivity (Wildman–Crippen MR) is 52.2 cm³/mol. The Labute approximate surface area is 87.5 Å². The normalized spacial score (nSPS) is 10.1. The van der Waals surface area contributed by atoms with E-state index >= 15 is 0 Å². The lowest BCUT2D eigenvalue weighted by atomic mass is 10.2. The van der Waals surface area contributed by atoms with Crippen molar-refractivity contribution in [1.82, 2.24) is 9.97 Å². The van der Waals surface area contributed by atoms with E-state index in [-0.39, 0.29) is 18.3 Å². The maximum Gasteiger partial charge on any atom is 0.313 e. The summed E-state index contributed by atoms with van der Waals surface area (Å²) in [4.78, 5) is 30.0. The third-order valence-electron chi connectivity index (χ3n) is 1.55. The number of ketones is 1. The van der Waals surface area contributed by atoms with Crippen molar-refractivity contribution in [1.29, 1.82) is 0 Å². The van der Waals surface area contributed by atoms with Crippen molar-refractivity contribution in [2.24, 2.45) is 0 Å². The zero-order chi connectivity index (χ0) is 11.3. The van der Waals surface area contributed by atoms with Crippen LogP contribution in [0.3, 0.4) is 0 Å². The Hall–Kier alpha value is -1.78. The van der Waals surface area contributed by atoms with Crippen LogP contribution in [0.5, 0.6) is 0 Å². The maximum absolute atomic E-state index is 11.5. The molecular weight excluding hydrogens is 196 g/mol. The lowest BCUT2D eigenvalue weighted by Gasteiger charge is -2.06. The molecule has 0 saturated heterocycles. The van der Waals surface area contributed by atoms with E-state index in [1.807, 2.05) is 0 Å². The fourth-order valence-corrected chi connectivity index (χ4v) is 0.981. The van der Waals surface area contributed by atoms with Gasteiger partial charge in [0.2, 0.25) is 0 Å². The van der Waals surface area contributed by atoms with Crippen molar-refractivity contribution in [2.75, 3.05) is 0 Å². The SMILES string of the molecule is CC(C)OC(=O)CC(=O)c1cncnc1. The summed E-state index contributed by atoms with van der Waals surface area (Å²) >= 11 is 0. The van der Waals surface area contributed by atoms with Gasteiger partial charge >= 0.3 is 5.97 Å². The molecule has 0 radical (unpaired) electrons. The van der Waals surface area contributed by atoms with Gasteiger partial charge in [0.05, 0.1) is 11.7 Å². The zero-order valence-corrected chi connectivity index (χ0v) is 8.64. The highest BCUT2D eigenvalue weighted by molar-refractivity contribution is 6.05. The van der Waals surface area contributed by atoms with Gasteiger partial charge in [0.15, 0.2) is 5.78 Å². The van der Waals surface area contributed by atoms with Crippen LogP contribution in [0.25, 0.3) is 0 Å². The van der Waals surface area contributed by atoms with Gasteiger partial charge in [-0.2, -0.15) is 0 Å². The van der Waals surface area contributed by atoms with Crippen molar-refractivity contribution < 1.29 is 14.3 Å². The van der Waals surface area contributed by atoms with E-state index in [4.69, 9.17) is 4.74 Å². The van der Waals surface area contributed by atoms with Gasteiger partial charge < -0.3 is 4.74 Å². The molecule has 0 aliphatic rings. The minimum atomic E-state index is -0.529. The Morgan fingerprint density at radius 2 is 1.93 bits per heavy atom. The predicted octanol–water partition coefficient (Wildman–Crippen LogP) is 1.00. The molecule has 0 amide bonds. The number of hydrogen-bond acceptors (Lipinski definition) is 5. The van der Waals surface area contributed by atoms with Crippen LogP contribution < -0.4 is 0 Å². The standard InChI is InChI=1S/C10H12N2O3/c1-7(2)15-10(14)3-9(13)8-4-11-6-12-5-8/h4-7H,3H2,1-2H3. The zero-order valence-electron chi connectivity index (χ0n) is 8.64. The number of hydrogen-bond donors (Lipinski definition) is 0. The molecule has 1 heterocycles. The van der Waals surface area contributed by atoms with E-state index in [0.29, 0.717) is 5.56 Å². The molecule has 5 heteroatoms. The van der Waals surface area contributed by atoms with Gasteiger partial charge in [0, 0.05) is 12.4 Å². The second-order valence-electron chi connectivity index (χ2n) is 3.27. The number of esters is 1. The van der Waals surface area contributed by atoms with Gasteiger partial charge in [-0.1, -0.05) is 0 Å². The summed E-state index contributed by atoms with van der Waals surface area (Å²) < 4.78 is 4.84. The fraction of sp³-hybridized carbons (Fsp3) is 0.400. The van der Waals surface area contributed by atoms with Gasteiger partial charge in [-0.25, -0.2) is 9.97 Å². The molecule has 0 bridgehead atoms. The van der Waals surface area contributed by atoms with Crippen LogP contribution in [0, 0.1) is 0 Å². The summed E-state index contributed by atoms with van der Waals surface area (Å²) in [6.45, 7) is 3.46. The van der Waals surface area contributed by atoms with E-state index in [2.05, 4.69) is 9.97 Å². The monoisotopic (exact) mass is 208 g/mol.